The molecule has 0 aliphatic carbocycles. The fraction of sp³-hybridized carbons (Fsp3) is 0.280. The Kier molecular flexibility index (Phi) is 12.0. The maximum absolute atomic E-state index is 14.1. The summed E-state index contributed by atoms with van der Waals surface area (Å²) < 4.78 is 45.0. The quantitative estimate of drug-likeness (QED) is 0.115. The van der Waals surface area contributed by atoms with Gasteiger partial charge in [0.15, 0.2) is 23.0 Å². The Morgan fingerprint density at radius 1 is 0.500 bits per heavy atom. The standard InChI is InChI=1S/C50H48N6O12/c1-61-37-21-25(22-38(62-2)47(37)65-5)43-27-9-13-31(51-27)45(55-35(49(59)67-7)17-19-41(55)57)33-15-11-29(53-33)44(26-23-39(63-3)48(66-6)40(24-26)64-4)30-12-16-34(54-30)46(32-14-10-28(43)52-32)56-36(50(60)68-8)18-20-42(56)58/h9-16,21-24,35-36,51,54H,17-20H2,1-8H3/t35-,36-/m0/s1. The van der Waals surface area contributed by atoms with Gasteiger partial charge in [0.2, 0.25) is 23.3 Å². The zero-order valence-electron chi connectivity index (χ0n) is 38.6. The number of hydrogen-bond donors (Lipinski definition) is 2. The molecule has 2 amide bonds. The summed E-state index contributed by atoms with van der Waals surface area (Å²) in [5.41, 5.74) is 6.57. The molecule has 350 valence electrons. The monoisotopic (exact) mass is 924 g/mol. The highest BCUT2D eigenvalue weighted by atomic mass is 16.5. The molecule has 0 saturated carbocycles. The van der Waals surface area contributed by atoms with Crippen LogP contribution in [0.5, 0.6) is 34.5 Å². The number of methoxy groups -OCH3 is 8. The molecule has 3 aromatic heterocycles. The number of nitrogens with zero attached hydrogens (tertiary/aromatic N) is 4. The number of hydrogen-bond acceptors (Lipinski definition) is 14. The number of aromatic amines is 2. The summed E-state index contributed by atoms with van der Waals surface area (Å²) in [6, 6.07) is 12.5. The van der Waals surface area contributed by atoms with Gasteiger partial charge in [-0.05, 0) is 96.8 Å². The largest absolute Gasteiger partial charge is 0.493 e. The maximum Gasteiger partial charge on any atom is 0.328 e. The van der Waals surface area contributed by atoms with Gasteiger partial charge in [0.25, 0.3) is 0 Å². The van der Waals surface area contributed by atoms with Gasteiger partial charge in [-0.25, -0.2) is 19.6 Å². The highest BCUT2D eigenvalue weighted by molar-refractivity contribution is 6.10. The summed E-state index contributed by atoms with van der Waals surface area (Å²) in [5, 5.41) is 0. The summed E-state index contributed by atoms with van der Waals surface area (Å²) in [7, 11) is 11.7. The number of rotatable bonds is 12. The third-order valence-electron chi connectivity index (χ3n) is 12.5. The third kappa shape index (κ3) is 7.46. The molecule has 2 saturated heterocycles. The second-order valence-electron chi connectivity index (χ2n) is 16.0. The molecule has 4 aliphatic rings. The van der Waals surface area contributed by atoms with E-state index in [0.717, 1.165) is 0 Å². The highest BCUT2D eigenvalue weighted by Crippen LogP contribution is 2.47. The van der Waals surface area contributed by atoms with Crippen LogP contribution in [0.15, 0.2) is 48.5 Å². The summed E-state index contributed by atoms with van der Waals surface area (Å²) in [4.78, 5) is 75.5. The predicted molar refractivity (Wildman–Crippen MR) is 254 cm³/mol. The maximum atomic E-state index is 14.1. The first-order valence-corrected chi connectivity index (χ1v) is 21.6. The number of ether oxygens (including phenoxy) is 8. The van der Waals surface area contributed by atoms with Gasteiger partial charge < -0.3 is 47.9 Å². The van der Waals surface area contributed by atoms with Crippen LogP contribution in [0.1, 0.15) is 48.5 Å². The molecule has 18 nitrogen and oxygen atoms in total. The summed E-state index contributed by atoms with van der Waals surface area (Å²) in [6.07, 6.45) is 7.81. The highest BCUT2D eigenvalue weighted by Gasteiger charge is 2.41. The number of fused-ring (bicyclic) bond motifs is 8. The van der Waals surface area contributed by atoms with Crippen molar-refractivity contribution in [3.8, 4) is 56.8 Å². The molecule has 7 heterocycles. The fourth-order valence-corrected chi connectivity index (χ4v) is 9.39. The van der Waals surface area contributed by atoms with Gasteiger partial charge in [-0.2, -0.15) is 0 Å². The lowest BCUT2D eigenvalue weighted by atomic mass is 10.0. The molecule has 5 aromatic rings. The number of H-pyrrole nitrogens is 2. The van der Waals surface area contributed by atoms with Crippen molar-refractivity contribution in [2.24, 2.45) is 0 Å². The molecule has 8 bridgehead atoms. The van der Waals surface area contributed by atoms with Crippen molar-refractivity contribution in [2.75, 3.05) is 66.7 Å². The van der Waals surface area contributed by atoms with E-state index in [1.165, 1.54) is 66.7 Å². The number of nitrogens with one attached hydrogen (secondary N) is 2. The molecule has 2 atom stereocenters. The lowest BCUT2D eigenvalue weighted by molar-refractivity contribution is -0.143. The second kappa shape index (κ2) is 18.2. The molecule has 68 heavy (non-hydrogen) atoms. The van der Waals surface area contributed by atoms with E-state index in [0.29, 0.717) is 113 Å². The van der Waals surface area contributed by atoms with Crippen LogP contribution in [0, 0.1) is 0 Å². The van der Waals surface area contributed by atoms with Gasteiger partial charge in [0.1, 0.15) is 12.1 Å². The first-order chi connectivity index (χ1) is 33.0. The van der Waals surface area contributed by atoms with Crippen molar-refractivity contribution >= 4 is 81.5 Å². The van der Waals surface area contributed by atoms with E-state index in [4.69, 9.17) is 47.9 Å². The molecule has 2 aromatic carbocycles. The zero-order valence-corrected chi connectivity index (χ0v) is 38.6. The van der Waals surface area contributed by atoms with Gasteiger partial charge >= 0.3 is 11.9 Å². The SMILES string of the molecule is COC(=O)[C@@H]1CCC(=O)N1c1c2nc(c(-c3cc(OC)c(OC)c(OC)c3)c3ccc([nH]3)c(N3C(=O)CC[C@H]3C(=O)OC)c3nc(c(-c4cc(OC)c(OC)c(OC)c4)c4ccc1[nH]4)C=C3)C=C2. The summed E-state index contributed by atoms with van der Waals surface area (Å²) in [6.45, 7) is 0. The van der Waals surface area contributed by atoms with Crippen LogP contribution < -0.4 is 38.2 Å². The summed E-state index contributed by atoms with van der Waals surface area (Å²) in [5.74, 6) is 0.487. The second-order valence-corrected chi connectivity index (χ2v) is 16.0. The van der Waals surface area contributed by atoms with E-state index < -0.39 is 24.0 Å². The molecule has 0 spiro atoms. The van der Waals surface area contributed by atoms with E-state index in [2.05, 4.69) is 9.97 Å². The number of esters is 2. The van der Waals surface area contributed by atoms with E-state index in [1.807, 2.05) is 24.3 Å². The predicted octanol–water partition coefficient (Wildman–Crippen LogP) is 7.38. The first kappa shape index (κ1) is 44.9. The lowest BCUT2D eigenvalue weighted by Crippen LogP contribution is -2.39. The fourth-order valence-electron chi connectivity index (χ4n) is 9.39. The number of carbonyl (C=O) groups excluding carboxylic acids is 4. The Morgan fingerprint density at radius 3 is 1.16 bits per heavy atom. The Hall–Kier alpha value is -8.28. The summed E-state index contributed by atoms with van der Waals surface area (Å²) >= 11 is 0. The topological polar surface area (TPSA) is 206 Å². The van der Waals surface area contributed by atoms with Crippen molar-refractivity contribution in [3.05, 3.63) is 71.3 Å². The molecule has 2 fully saturated rings. The zero-order chi connectivity index (χ0) is 48.0. The Bertz CT molecular complexity index is 2890. The minimum Gasteiger partial charge on any atom is -0.493 e. The van der Waals surface area contributed by atoms with Crippen molar-refractivity contribution in [2.45, 2.75) is 37.8 Å². The van der Waals surface area contributed by atoms with Gasteiger partial charge in [0, 0.05) is 35.0 Å². The van der Waals surface area contributed by atoms with Crippen LogP contribution in [0.3, 0.4) is 0 Å². The van der Waals surface area contributed by atoms with Gasteiger partial charge in [0.05, 0.1) is 102 Å². The smallest absolute Gasteiger partial charge is 0.328 e. The number of anilines is 2. The Balaban J connectivity index is 1.48. The van der Waals surface area contributed by atoms with Crippen LogP contribution >= 0.6 is 0 Å². The Morgan fingerprint density at radius 2 is 0.838 bits per heavy atom. The number of carbonyl (C=O) groups is 4. The lowest BCUT2D eigenvalue weighted by Gasteiger charge is -2.23. The Labute approximate surface area is 390 Å². The minimum absolute atomic E-state index is 0.0939. The average molecular weight is 925 g/mol. The average Bonchev–Trinajstić information content (AvgIpc) is 4.25. The van der Waals surface area contributed by atoms with Crippen LogP contribution in [-0.4, -0.2) is 113 Å². The molecular weight excluding hydrogens is 877 g/mol. The van der Waals surface area contributed by atoms with Crippen LogP contribution in [0.4, 0.5) is 11.4 Å². The van der Waals surface area contributed by atoms with Crippen molar-refractivity contribution in [1.29, 1.82) is 0 Å². The molecule has 0 unspecified atom stereocenters. The number of aromatic nitrogens is 4. The van der Waals surface area contributed by atoms with E-state index >= 15 is 0 Å². The first-order valence-electron chi connectivity index (χ1n) is 21.6. The van der Waals surface area contributed by atoms with E-state index in [-0.39, 0.29) is 37.5 Å². The van der Waals surface area contributed by atoms with Crippen molar-refractivity contribution < 1.29 is 57.1 Å². The van der Waals surface area contributed by atoms with Crippen molar-refractivity contribution in [3.63, 3.8) is 0 Å². The molecule has 4 aliphatic heterocycles. The van der Waals surface area contributed by atoms with Gasteiger partial charge in [-0.1, -0.05) is 0 Å². The van der Waals surface area contributed by atoms with Gasteiger partial charge in [-0.15, -0.1) is 0 Å². The van der Waals surface area contributed by atoms with Gasteiger partial charge in [-0.3, -0.25) is 19.4 Å². The molecule has 0 radical (unpaired) electrons. The molecule has 9 rings (SSSR count). The minimum atomic E-state index is -0.946. The van der Waals surface area contributed by atoms with Crippen molar-refractivity contribution in [1.82, 2.24) is 19.9 Å². The van der Waals surface area contributed by atoms with Crippen LogP contribution in [0.2, 0.25) is 0 Å². The molecule has 18 heteroatoms. The van der Waals surface area contributed by atoms with E-state index in [9.17, 15) is 19.2 Å². The third-order valence-corrected chi connectivity index (χ3v) is 12.5. The molecule has 2 N–H and O–H groups in total. The number of amides is 2. The van der Waals surface area contributed by atoms with Crippen LogP contribution in [-0.2, 0) is 28.7 Å². The normalized spacial score (nSPS) is 16.3. The van der Waals surface area contributed by atoms with Crippen LogP contribution in [0.25, 0.3) is 68.6 Å². The molecular formula is C50H48N6O12. The number of benzene rings is 2. The van der Waals surface area contributed by atoms with E-state index in [1.54, 1.807) is 48.6 Å².